The second kappa shape index (κ2) is 5.35. The van der Waals surface area contributed by atoms with Crippen LogP contribution in [0.3, 0.4) is 0 Å². The summed E-state index contributed by atoms with van der Waals surface area (Å²) in [6.45, 7) is 0.972. The molecule has 2 saturated heterocycles. The summed E-state index contributed by atoms with van der Waals surface area (Å²) >= 11 is 0. The lowest BCUT2D eigenvalue weighted by Gasteiger charge is -2.46. The van der Waals surface area contributed by atoms with Crippen LogP contribution in [-0.2, 0) is 14.8 Å². The van der Waals surface area contributed by atoms with E-state index in [1.165, 1.54) is 16.1 Å². The first-order valence-corrected chi connectivity index (χ1v) is 9.46. The summed E-state index contributed by atoms with van der Waals surface area (Å²) in [7, 11) is -1.29. The number of nitrogens with zero attached hydrogens (tertiary/aromatic N) is 2. The third-order valence-electron chi connectivity index (χ3n) is 5.33. The number of sulfonamides is 1. The number of piperidine rings is 1. The summed E-state index contributed by atoms with van der Waals surface area (Å²) < 4.78 is 25.0. The predicted molar refractivity (Wildman–Crippen MR) is 85.0 cm³/mol. The van der Waals surface area contributed by atoms with Crippen molar-refractivity contribution >= 4 is 15.9 Å². The van der Waals surface area contributed by atoms with Crippen molar-refractivity contribution < 1.29 is 13.2 Å². The van der Waals surface area contributed by atoms with Crippen LogP contribution in [0.1, 0.15) is 30.7 Å². The Morgan fingerprint density at radius 1 is 1.14 bits per heavy atom. The predicted octanol–water partition coefficient (Wildman–Crippen LogP) is 1.43. The normalized spacial score (nSPS) is 25.8. The van der Waals surface area contributed by atoms with E-state index in [-0.39, 0.29) is 17.4 Å². The van der Waals surface area contributed by atoms with Crippen LogP contribution in [0.2, 0.25) is 0 Å². The molecule has 1 amide bonds. The van der Waals surface area contributed by atoms with E-state index in [0.29, 0.717) is 32.4 Å². The van der Waals surface area contributed by atoms with Crippen molar-refractivity contribution in [3.05, 3.63) is 35.9 Å². The zero-order valence-corrected chi connectivity index (χ0v) is 13.8. The second-order valence-corrected chi connectivity index (χ2v) is 8.37. The molecule has 0 radical (unpaired) electrons. The van der Waals surface area contributed by atoms with Gasteiger partial charge in [-0.3, -0.25) is 4.79 Å². The minimum Gasteiger partial charge on any atom is -0.339 e. The summed E-state index contributed by atoms with van der Waals surface area (Å²) in [6.07, 6.45) is 3.16. The lowest BCUT2D eigenvalue weighted by molar-refractivity contribution is -0.130. The molecule has 0 bridgehead atoms. The number of hydrogen-bond donors (Lipinski definition) is 0. The van der Waals surface area contributed by atoms with Gasteiger partial charge in [0.15, 0.2) is 0 Å². The minimum absolute atomic E-state index is 0.146. The Bertz CT molecular complexity index is 664. The molecule has 6 heteroatoms. The summed E-state index contributed by atoms with van der Waals surface area (Å²) in [5, 5.41) is 0. The number of rotatable bonds is 2. The van der Waals surface area contributed by atoms with E-state index in [2.05, 4.69) is 12.1 Å². The molecule has 1 aromatic rings. The van der Waals surface area contributed by atoms with Gasteiger partial charge in [0.25, 0.3) is 0 Å². The Morgan fingerprint density at radius 3 is 2.27 bits per heavy atom. The Morgan fingerprint density at radius 2 is 1.73 bits per heavy atom. The maximum atomic E-state index is 12.3. The molecule has 2 heterocycles. The molecular formula is C16H22N2O3S. The van der Waals surface area contributed by atoms with Gasteiger partial charge in [0.2, 0.25) is 15.9 Å². The molecule has 120 valence electrons. The highest BCUT2D eigenvalue weighted by atomic mass is 32.2. The van der Waals surface area contributed by atoms with Gasteiger partial charge in [-0.05, 0) is 18.4 Å². The largest absolute Gasteiger partial charge is 0.339 e. The van der Waals surface area contributed by atoms with E-state index < -0.39 is 10.0 Å². The Hall–Kier alpha value is -1.40. The molecule has 0 saturated carbocycles. The van der Waals surface area contributed by atoms with Crippen LogP contribution in [0, 0.1) is 0 Å². The maximum Gasteiger partial charge on any atom is 0.223 e. The summed E-state index contributed by atoms with van der Waals surface area (Å²) in [5.74, 6) is 0.301. The van der Waals surface area contributed by atoms with Gasteiger partial charge in [-0.15, -0.1) is 0 Å². The van der Waals surface area contributed by atoms with Gasteiger partial charge in [-0.25, -0.2) is 12.7 Å². The number of likely N-dealkylation sites (N-methyl/N-ethyl adjacent to an activating group) is 1. The summed E-state index contributed by atoms with van der Waals surface area (Å²) in [6, 6.07) is 10.1. The molecule has 3 rings (SSSR count). The molecule has 1 atom stereocenters. The van der Waals surface area contributed by atoms with Crippen molar-refractivity contribution in [2.24, 2.45) is 0 Å². The molecule has 22 heavy (non-hydrogen) atoms. The van der Waals surface area contributed by atoms with Crippen LogP contribution in [0.5, 0.6) is 0 Å². The third-order valence-corrected chi connectivity index (χ3v) is 6.63. The molecule has 2 fully saturated rings. The van der Waals surface area contributed by atoms with Crippen molar-refractivity contribution in [2.45, 2.75) is 30.7 Å². The van der Waals surface area contributed by atoms with Gasteiger partial charge in [-0.2, -0.15) is 0 Å². The Labute approximate surface area is 132 Å². The molecule has 0 aromatic heterocycles. The lowest BCUT2D eigenvalue weighted by Crippen LogP contribution is -2.54. The minimum atomic E-state index is -3.16. The molecule has 0 N–H and O–H groups in total. The van der Waals surface area contributed by atoms with Crippen LogP contribution < -0.4 is 0 Å². The van der Waals surface area contributed by atoms with E-state index in [9.17, 15) is 13.2 Å². The number of carbonyl (C=O) groups excluding carboxylic acids is 1. The molecule has 1 unspecified atom stereocenters. The highest BCUT2D eigenvalue weighted by molar-refractivity contribution is 7.88. The van der Waals surface area contributed by atoms with E-state index >= 15 is 0 Å². The van der Waals surface area contributed by atoms with Crippen molar-refractivity contribution in [1.29, 1.82) is 0 Å². The topological polar surface area (TPSA) is 57.7 Å². The number of likely N-dealkylation sites (tertiary alicyclic amines) is 1. The zero-order valence-electron chi connectivity index (χ0n) is 13.0. The third kappa shape index (κ3) is 2.44. The van der Waals surface area contributed by atoms with Crippen molar-refractivity contribution in [1.82, 2.24) is 9.21 Å². The number of benzene rings is 1. The maximum absolute atomic E-state index is 12.3. The van der Waals surface area contributed by atoms with Gasteiger partial charge in [0, 0.05) is 32.5 Å². The first-order chi connectivity index (χ1) is 10.3. The van der Waals surface area contributed by atoms with Crippen molar-refractivity contribution in [3.8, 4) is 0 Å². The first kappa shape index (κ1) is 15.5. The monoisotopic (exact) mass is 322 g/mol. The molecule has 0 aliphatic carbocycles. The average molecular weight is 322 g/mol. The quantitative estimate of drug-likeness (QED) is 0.827. The SMILES string of the molecule is CN1C(=O)CC(c2ccccc2)C12CCN(S(C)(=O)=O)CC2. The Balaban J connectivity index is 1.91. The number of carbonyl (C=O) groups is 1. The van der Waals surface area contributed by atoms with Crippen molar-refractivity contribution in [2.75, 3.05) is 26.4 Å². The molecule has 2 aliphatic heterocycles. The Kier molecular flexibility index (Phi) is 3.77. The molecule has 1 aromatic carbocycles. The van der Waals surface area contributed by atoms with Crippen LogP contribution in [-0.4, -0.2) is 55.5 Å². The fraction of sp³-hybridized carbons (Fsp3) is 0.562. The zero-order chi connectivity index (χ0) is 16.0. The van der Waals surface area contributed by atoms with E-state index in [1.54, 1.807) is 0 Å². The van der Waals surface area contributed by atoms with Gasteiger partial charge in [0.05, 0.1) is 11.8 Å². The van der Waals surface area contributed by atoms with Crippen LogP contribution in [0.15, 0.2) is 30.3 Å². The summed E-state index contributed by atoms with van der Waals surface area (Å²) in [5.41, 5.74) is 0.924. The highest BCUT2D eigenvalue weighted by Gasteiger charge is 2.53. The lowest BCUT2D eigenvalue weighted by atomic mass is 9.74. The fourth-order valence-electron chi connectivity index (χ4n) is 3.99. The number of hydrogen-bond acceptors (Lipinski definition) is 3. The smallest absolute Gasteiger partial charge is 0.223 e. The van der Waals surface area contributed by atoms with E-state index in [1.807, 2.05) is 30.1 Å². The van der Waals surface area contributed by atoms with Crippen LogP contribution >= 0.6 is 0 Å². The van der Waals surface area contributed by atoms with Crippen LogP contribution in [0.4, 0.5) is 0 Å². The fourth-order valence-corrected chi connectivity index (χ4v) is 4.83. The van der Waals surface area contributed by atoms with E-state index in [0.717, 1.165) is 0 Å². The molecule has 2 aliphatic rings. The first-order valence-electron chi connectivity index (χ1n) is 7.61. The molecule has 1 spiro atoms. The highest BCUT2D eigenvalue weighted by Crippen LogP contribution is 2.48. The standard InChI is InChI=1S/C16H22N2O3S/c1-17-15(19)12-14(13-6-4-3-5-7-13)16(17)8-10-18(11-9-16)22(2,20)21/h3-7,14H,8-12H2,1-2H3. The van der Waals surface area contributed by atoms with Crippen LogP contribution in [0.25, 0.3) is 0 Å². The molecular weight excluding hydrogens is 300 g/mol. The summed E-state index contributed by atoms with van der Waals surface area (Å²) in [4.78, 5) is 14.2. The average Bonchev–Trinajstić information content (AvgIpc) is 2.73. The van der Waals surface area contributed by atoms with Gasteiger partial charge in [-0.1, -0.05) is 30.3 Å². The van der Waals surface area contributed by atoms with E-state index in [4.69, 9.17) is 0 Å². The molecule has 5 nitrogen and oxygen atoms in total. The number of amides is 1. The second-order valence-electron chi connectivity index (χ2n) is 6.39. The van der Waals surface area contributed by atoms with Gasteiger partial charge in [0.1, 0.15) is 0 Å². The van der Waals surface area contributed by atoms with Crippen molar-refractivity contribution in [3.63, 3.8) is 0 Å². The van der Waals surface area contributed by atoms with Gasteiger partial charge >= 0.3 is 0 Å². The van der Waals surface area contributed by atoms with Gasteiger partial charge < -0.3 is 4.90 Å².